The molecule has 2 heterocycles. The van der Waals surface area contributed by atoms with Crippen LogP contribution in [0.1, 0.15) is 0 Å². The van der Waals surface area contributed by atoms with Crippen LogP contribution in [0.3, 0.4) is 0 Å². The minimum Gasteiger partial charge on any atom is -0.248 e. The lowest BCUT2D eigenvalue weighted by atomic mass is 9.90. The van der Waals surface area contributed by atoms with Crippen molar-refractivity contribution >= 4 is 64.8 Å². The lowest BCUT2D eigenvalue weighted by molar-refractivity contribution is 1.33. The maximum atomic E-state index is 5.48. The number of benzene rings is 10. The topological polar surface area (TPSA) is 25.8 Å². The largest absolute Gasteiger partial charge is 0.248 e. The second kappa shape index (κ2) is 13.9. The predicted octanol–water partition coefficient (Wildman–Crippen LogP) is 15.7. The minimum absolute atomic E-state index is 0.944. The highest BCUT2D eigenvalue weighted by molar-refractivity contribution is 6.25. The molecule has 10 aromatic carbocycles. The van der Waals surface area contributed by atoms with Crippen molar-refractivity contribution in [2.75, 3.05) is 0 Å². The molecule has 0 atom stereocenters. The molecule has 0 amide bonds. The van der Waals surface area contributed by atoms with Crippen LogP contribution in [-0.4, -0.2) is 9.97 Å². The molecule has 2 aromatic heterocycles. The van der Waals surface area contributed by atoms with Gasteiger partial charge in [0.05, 0.1) is 22.6 Å². The van der Waals surface area contributed by atoms with E-state index in [-0.39, 0.29) is 0 Å². The van der Waals surface area contributed by atoms with Gasteiger partial charge < -0.3 is 0 Å². The fourth-order valence-corrected chi connectivity index (χ4v) is 9.17. The Labute approximate surface area is 347 Å². The van der Waals surface area contributed by atoms with Crippen molar-refractivity contribution < 1.29 is 0 Å². The Kier molecular flexibility index (Phi) is 7.89. The quantitative estimate of drug-likeness (QED) is 0.163. The number of hydrogen-bond donors (Lipinski definition) is 0. The molecule has 0 unspecified atom stereocenters. The first-order valence-electron chi connectivity index (χ1n) is 20.5. The number of aromatic nitrogens is 2. The van der Waals surface area contributed by atoms with E-state index in [2.05, 4.69) is 218 Å². The maximum Gasteiger partial charge on any atom is 0.0788 e. The van der Waals surface area contributed by atoms with E-state index in [4.69, 9.17) is 9.97 Å². The number of rotatable bonds is 5. The molecule has 0 spiro atoms. The van der Waals surface area contributed by atoms with Crippen LogP contribution in [0.15, 0.2) is 218 Å². The maximum absolute atomic E-state index is 5.48. The van der Waals surface area contributed by atoms with Crippen LogP contribution in [0.2, 0.25) is 0 Å². The van der Waals surface area contributed by atoms with Crippen LogP contribution in [0, 0.1) is 0 Å². The SMILES string of the molecule is c1cc(-c2cc(-c3ccc4ccccc4c3)nc(-c3ccc4ccccc4c3)c2)cc(-c2cccc3nc(-c4ccc5ccccc5c4)c4ccc5ccccc5c4c23)c1. The summed E-state index contributed by atoms with van der Waals surface area (Å²) in [7, 11) is 0. The Morgan fingerprint density at radius 3 is 1.42 bits per heavy atom. The zero-order valence-electron chi connectivity index (χ0n) is 32.7. The van der Waals surface area contributed by atoms with Crippen LogP contribution in [0.25, 0.3) is 121 Å². The third-order valence-electron chi connectivity index (χ3n) is 12.2. The van der Waals surface area contributed by atoms with Crippen LogP contribution in [0.4, 0.5) is 0 Å². The molecule has 12 rings (SSSR count). The van der Waals surface area contributed by atoms with Crippen LogP contribution in [-0.2, 0) is 0 Å². The summed E-state index contributed by atoms with van der Waals surface area (Å²) >= 11 is 0. The monoisotopic (exact) mass is 760 g/mol. The summed E-state index contributed by atoms with van der Waals surface area (Å²) in [5, 5.41) is 13.2. The fraction of sp³-hybridized carbons (Fsp3) is 0. The van der Waals surface area contributed by atoms with Crippen molar-refractivity contribution in [2.24, 2.45) is 0 Å². The van der Waals surface area contributed by atoms with Gasteiger partial charge in [-0.05, 0) is 108 Å². The Balaban J connectivity index is 1.06. The molecule has 0 N–H and O–H groups in total. The van der Waals surface area contributed by atoms with Crippen molar-refractivity contribution in [1.82, 2.24) is 9.97 Å². The third-order valence-corrected chi connectivity index (χ3v) is 12.2. The van der Waals surface area contributed by atoms with Crippen LogP contribution < -0.4 is 0 Å². The lowest BCUT2D eigenvalue weighted by Crippen LogP contribution is -1.94. The van der Waals surface area contributed by atoms with Crippen molar-refractivity contribution in [2.45, 2.75) is 0 Å². The summed E-state index contributed by atoms with van der Waals surface area (Å²) in [6, 6.07) is 78.9. The lowest BCUT2D eigenvalue weighted by Gasteiger charge is -2.17. The van der Waals surface area contributed by atoms with Gasteiger partial charge in [-0.1, -0.05) is 176 Å². The first-order chi connectivity index (χ1) is 29.7. The van der Waals surface area contributed by atoms with Crippen LogP contribution >= 0.6 is 0 Å². The van der Waals surface area contributed by atoms with Gasteiger partial charge in [0.2, 0.25) is 0 Å². The molecule has 2 heteroatoms. The summed E-state index contributed by atoms with van der Waals surface area (Å²) in [6.07, 6.45) is 0. The van der Waals surface area contributed by atoms with E-state index in [1.807, 2.05) is 0 Å². The van der Waals surface area contributed by atoms with Crippen molar-refractivity contribution in [1.29, 1.82) is 0 Å². The Bertz CT molecular complexity index is 3580. The second-order valence-electron chi connectivity index (χ2n) is 15.8. The predicted molar refractivity (Wildman–Crippen MR) is 254 cm³/mol. The molecule has 0 bridgehead atoms. The standard InChI is InChI=1S/C58H36N2/c1-4-15-41-32-46(26-23-37(41)11-1)54-35-49(36-55(59-54)47-27-24-38-12-2-5-16-42(38)33-47)44-18-9-19-45(31-44)51-21-10-22-53-57(51)56-50-20-8-7-14-40(50)29-30-52(56)58(60-53)48-28-25-39-13-3-6-17-43(39)34-48/h1-36H. The second-order valence-corrected chi connectivity index (χ2v) is 15.8. The molecule has 0 aliphatic rings. The summed E-state index contributed by atoms with van der Waals surface area (Å²) in [5.74, 6) is 0. The molecular weight excluding hydrogens is 725 g/mol. The molecule has 0 radical (unpaired) electrons. The van der Waals surface area contributed by atoms with E-state index in [0.29, 0.717) is 0 Å². The Hall–Kier alpha value is -7.94. The first-order valence-corrected chi connectivity index (χ1v) is 20.5. The Morgan fingerprint density at radius 2 is 0.767 bits per heavy atom. The van der Waals surface area contributed by atoms with Crippen molar-refractivity contribution in [3.8, 4) is 56.0 Å². The van der Waals surface area contributed by atoms with Crippen molar-refractivity contribution in [3.63, 3.8) is 0 Å². The molecule has 0 aliphatic heterocycles. The molecule has 0 saturated heterocycles. The Morgan fingerprint density at radius 1 is 0.250 bits per heavy atom. The molecule has 60 heavy (non-hydrogen) atoms. The zero-order valence-corrected chi connectivity index (χ0v) is 32.7. The van der Waals surface area contributed by atoms with E-state index in [0.717, 1.165) is 72.3 Å². The summed E-state index contributed by atoms with van der Waals surface area (Å²) in [4.78, 5) is 10.8. The van der Waals surface area contributed by atoms with Crippen LogP contribution in [0.5, 0.6) is 0 Å². The van der Waals surface area contributed by atoms with Gasteiger partial charge in [-0.2, -0.15) is 0 Å². The first kappa shape index (κ1) is 34.1. The average molecular weight is 761 g/mol. The molecular formula is C58H36N2. The highest BCUT2D eigenvalue weighted by Gasteiger charge is 2.18. The van der Waals surface area contributed by atoms with E-state index in [1.165, 1.54) is 48.5 Å². The summed E-state index contributed by atoms with van der Waals surface area (Å²) in [5.41, 5.74) is 11.7. The molecule has 0 fully saturated rings. The van der Waals surface area contributed by atoms with Gasteiger partial charge in [-0.25, -0.2) is 9.97 Å². The van der Waals surface area contributed by atoms with Gasteiger partial charge in [0.25, 0.3) is 0 Å². The highest BCUT2D eigenvalue weighted by Crippen LogP contribution is 2.43. The van der Waals surface area contributed by atoms with Gasteiger partial charge in [-0.15, -0.1) is 0 Å². The number of pyridine rings is 2. The molecule has 12 aromatic rings. The van der Waals surface area contributed by atoms with E-state index in [1.54, 1.807) is 0 Å². The fourth-order valence-electron chi connectivity index (χ4n) is 9.17. The number of nitrogens with zero attached hydrogens (tertiary/aromatic N) is 2. The summed E-state index contributed by atoms with van der Waals surface area (Å²) < 4.78 is 0. The molecule has 0 saturated carbocycles. The normalized spacial score (nSPS) is 11.7. The average Bonchev–Trinajstić information content (AvgIpc) is 3.32. The highest BCUT2D eigenvalue weighted by atomic mass is 14.7. The summed E-state index contributed by atoms with van der Waals surface area (Å²) in [6.45, 7) is 0. The molecule has 2 nitrogen and oxygen atoms in total. The zero-order chi connectivity index (χ0) is 39.6. The van der Waals surface area contributed by atoms with Gasteiger partial charge in [-0.3, -0.25) is 0 Å². The molecule has 278 valence electrons. The van der Waals surface area contributed by atoms with Gasteiger partial charge >= 0.3 is 0 Å². The smallest absolute Gasteiger partial charge is 0.0788 e. The number of hydrogen-bond acceptors (Lipinski definition) is 2. The van der Waals surface area contributed by atoms with Gasteiger partial charge in [0.15, 0.2) is 0 Å². The number of fused-ring (bicyclic) bond motifs is 8. The van der Waals surface area contributed by atoms with Crippen molar-refractivity contribution in [3.05, 3.63) is 218 Å². The molecule has 0 aliphatic carbocycles. The van der Waals surface area contributed by atoms with Gasteiger partial charge in [0.1, 0.15) is 0 Å². The van der Waals surface area contributed by atoms with Gasteiger partial charge in [0, 0.05) is 32.8 Å². The third kappa shape index (κ3) is 5.81. The van der Waals surface area contributed by atoms with E-state index < -0.39 is 0 Å². The van der Waals surface area contributed by atoms with E-state index in [9.17, 15) is 0 Å². The van der Waals surface area contributed by atoms with E-state index >= 15 is 0 Å². The minimum atomic E-state index is 0.944.